The van der Waals surface area contributed by atoms with Gasteiger partial charge < -0.3 is 9.33 Å². The maximum Gasteiger partial charge on any atom is 0.268 e. The van der Waals surface area contributed by atoms with Crippen LogP contribution in [0.2, 0.25) is 23.2 Å². The number of para-hydroxylation sites is 1. The van der Waals surface area contributed by atoms with E-state index in [0.717, 1.165) is 17.1 Å². The van der Waals surface area contributed by atoms with Gasteiger partial charge in [-0.3, -0.25) is 14.4 Å². The SMILES string of the molecule is CN1c2ccc(Cl)cc2N(c2ccccc2)C(=O)c2cn(CCO[Si](C)(C)C(C)(C)C)nc21. The van der Waals surface area contributed by atoms with E-state index >= 15 is 0 Å². The molecule has 0 spiro atoms. The third kappa shape index (κ3) is 4.45. The van der Waals surface area contributed by atoms with Crippen LogP contribution in [0, 0.1) is 0 Å². The molecule has 1 aromatic heterocycles. The maximum absolute atomic E-state index is 13.8. The zero-order valence-corrected chi connectivity index (χ0v) is 21.8. The predicted molar refractivity (Wildman–Crippen MR) is 138 cm³/mol. The van der Waals surface area contributed by atoms with Gasteiger partial charge in [0.15, 0.2) is 14.1 Å². The van der Waals surface area contributed by atoms with Gasteiger partial charge in [0, 0.05) is 24.0 Å². The molecule has 8 heteroatoms. The van der Waals surface area contributed by atoms with Gasteiger partial charge in [-0.25, -0.2) is 0 Å². The molecule has 4 rings (SSSR count). The Balaban J connectivity index is 1.70. The minimum atomic E-state index is -1.85. The van der Waals surface area contributed by atoms with Crippen molar-refractivity contribution in [3.05, 3.63) is 65.3 Å². The first-order valence-corrected chi connectivity index (χ1v) is 14.4. The predicted octanol–water partition coefficient (Wildman–Crippen LogP) is 6.62. The monoisotopic (exact) mass is 482 g/mol. The average molecular weight is 483 g/mol. The number of aromatic nitrogens is 2. The summed E-state index contributed by atoms with van der Waals surface area (Å²) in [5.41, 5.74) is 2.91. The molecule has 0 N–H and O–H groups in total. The molecule has 0 fully saturated rings. The van der Waals surface area contributed by atoms with E-state index in [2.05, 4.69) is 33.9 Å². The summed E-state index contributed by atoms with van der Waals surface area (Å²) >= 11 is 6.33. The van der Waals surface area contributed by atoms with Crippen LogP contribution >= 0.6 is 11.6 Å². The largest absolute Gasteiger partial charge is 0.415 e. The van der Waals surface area contributed by atoms with Crippen LogP contribution < -0.4 is 9.80 Å². The van der Waals surface area contributed by atoms with E-state index in [1.54, 1.807) is 4.90 Å². The lowest BCUT2D eigenvalue weighted by Crippen LogP contribution is -2.41. The molecule has 1 aliphatic rings. The van der Waals surface area contributed by atoms with Crippen LogP contribution in [0.3, 0.4) is 0 Å². The molecule has 0 unspecified atom stereocenters. The van der Waals surface area contributed by atoms with Gasteiger partial charge in [-0.15, -0.1) is 0 Å². The number of carbonyl (C=O) groups is 1. The van der Waals surface area contributed by atoms with E-state index in [1.807, 2.05) is 71.4 Å². The first kappa shape index (κ1) is 23.5. The van der Waals surface area contributed by atoms with E-state index in [-0.39, 0.29) is 10.9 Å². The van der Waals surface area contributed by atoms with Gasteiger partial charge in [0.2, 0.25) is 0 Å². The molecule has 1 amide bonds. The zero-order chi connectivity index (χ0) is 24.0. The summed E-state index contributed by atoms with van der Waals surface area (Å²) in [7, 11) is 0.0754. The number of carbonyl (C=O) groups excluding carboxylic acids is 1. The van der Waals surface area contributed by atoms with Crippen LogP contribution in [0.1, 0.15) is 31.1 Å². The molecule has 0 saturated carbocycles. The molecule has 1 aliphatic heterocycles. The van der Waals surface area contributed by atoms with Crippen molar-refractivity contribution in [1.82, 2.24) is 9.78 Å². The first-order chi connectivity index (χ1) is 15.5. The normalized spacial score (nSPS) is 14.2. The second-order valence-corrected chi connectivity index (χ2v) is 15.2. The Kier molecular flexibility index (Phi) is 6.16. The van der Waals surface area contributed by atoms with Crippen LogP contribution in [0.4, 0.5) is 22.9 Å². The molecular weight excluding hydrogens is 452 g/mol. The number of rotatable bonds is 5. The number of halogens is 1. The maximum atomic E-state index is 13.8. The molecule has 0 atom stereocenters. The molecule has 174 valence electrons. The lowest BCUT2D eigenvalue weighted by atomic mass is 10.2. The van der Waals surface area contributed by atoms with E-state index in [4.69, 9.17) is 21.1 Å². The van der Waals surface area contributed by atoms with Crippen LogP contribution in [0.15, 0.2) is 54.7 Å². The lowest BCUT2D eigenvalue weighted by Gasteiger charge is -2.36. The van der Waals surface area contributed by atoms with Crippen molar-refractivity contribution in [3.8, 4) is 0 Å². The number of nitrogens with zero attached hydrogens (tertiary/aromatic N) is 4. The number of amides is 1. The highest BCUT2D eigenvalue weighted by Crippen LogP contribution is 2.43. The second-order valence-electron chi connectivity index (χ2n) is 9.91. The molecule has 33 heavy (non-hydrogen) atoms. The second kappa shape index (κ2) is 8.63. The number of fused-ring (bicyclic) bond motifs is 2. The Morgan fingerprint density at radius 3 is 2.42 bits per heavy atom. The van der Waals surface area contributed by atoms with Crippen LogP contribution in [-0.4, -0.2) is 37.7 Å². The molecule has 3 aromatic rings. The van der Waals surface area contributed by atoms with E-state index < -0.39 is 8.32 Å². The Hall–Kier alpha value is -2.61. The standard InChI is InChI=1S/C25H31ClN4O2Si/c1-25(2,3)33(5,6)32-15-14-29-17-20-23(27-29)28(4)21-13-12-18(26)16-22(21)30(24(20)31)19-10-8-7-9-11-19/h7-13,16-17H,14-15H2,1-6H3. The van der Waals surface area contributed by atoms with Crippen molar-refractivity contribution in [3.63, 3.8) is 0 Å². The molecule has 0 saturated heterocycles. The molecular formula is C25H31ClN4O2Si. The van der Waals surface area contributed by atoms with E-state index in [9.17, 15) is 4.79 Å². The summed E-state index contributed by atoms with van der Waals surface area (Å²) in [6.45, 7) is 12.3. The summed E-state index contributed by atoms with van der Waals surface area (Å²) in [6.07, 6.45) is 1.83. The smallest absolute Gasteiger partial charge is 0.268 e. The van der Waals surface area contributed by atoms with Crippen molar-refractivity contribution in [1.29, 1.82) is 0 Å². The van der Waals surface area contributed by atoms with Crippen molar-refractivity contribution in [2.45, 2.75) is 45.4 Å². The molecule has 2 aromatic carbocycles. The van der Waals surface area contributed by atoms with Gasteiger partial charge in [0.1, 0.15) is 5.56 Å². The summed E-state index contributed by atoms with van der Waals surface area (Å²) in [5.74, 6) is 0.481. The minimum Gasteiger partial charge on any atom is -0.415 e. The fourth-order valence-electron chi connectivity index (χ4n) is 3.67. The number of hydrogen-bond donors (Lipinski definition) is 0. The Bertz CT molecular complexity index is 1170. The molecule has 6 nitrogen and oxygen atoms in total. The van der Waals surface area contributed by atoms with Crippen molar-refractivity contribution in [2.75, 3.05) is 23.5 Å². The minimum absolute atomic E-state index is 0.138. The van der Waals surface area contributed by atoms with E-state index in [1.165, 1.54) is 0 Å². The van der Waals surface area contributed by atoms with Gasteiger partial charge in [0.05, 0.1) is 24.5 Å². The Morgan fingerprint density at radius 1 is 1.06 bits per heavy atom. The highest BCUT2D eigenvalue weighted by atomic mass is 35.5. The third-order valence-electron chi connectivity index (χ3n) is 6.64. The molecule has 0 bridgehead atoms. The summed E-state index contributed by atoms with van der Waals surface area (Å²) in [6, 6.07) is 15.2. The van der Waals surface area contributed by atoms with Crippen LogP contribution in [0.5, 0.6) is 0 Å². The van der Waals surface area contributed by atoms with E-state index in [0.29, 0.717) is 29.6 Å². The Morgan fingerprint density at radius 2 is 1.76 bits per heavy atom. The number of benzene rings is 2. The number of anilines is 4. The van der Waals surface area contributed by atoms with Gasteiger partial charge >= 0.3 is 0 Å². The third-order valence-corrected chi connectivity index (χ3v) is 11.4. The van der Waals surface area contributed by atoms with Crippen molar-refractivity contribution < 1.29 is 9.22 Å². The quantitative estimate of drug-likeness (QED) is 0.383. The Labute approximate surface area is 201 Å². The summed E-state index contributed by atoms with van der Waals surface area (Å²) in [4.78, 5) is 17.5. The zero-order valence-electron chi connectivity index (χ0n) is 20.1. The van der Waals surface area contributed by atoms with Gasteiger partial charge in [-0.05, 0) is 48.5 Å². The summed E-state index contributed by atoms with van der Waals surface area (Å²) < 4.78 is 8.14. The first-order valence-electron chi connectivity index (χ1n) is 11.1. The van der Waals surface area contributed by atoms with Crippen LogP contribution in [0.25, 0.3) is 0 Å². The van der Waals surface area contributed by atoms with Crippen molar-refractivity contribution >= 4 is 48.7 Å². The van der Waals surface area contributed by atoms with Gasteiger partial charge in [0.25, 0.3) is 5.91 Å². The molecule has 0 radical (unpaired) electrons. The van der Waals surface area contributed by atoms with Crippen molar-refractivity contribution in [2.24, 2.45) is 0 Å². The lowest BCUT2D eigenvalue weighted by molar-refractivity contribution is 0.100. The number of hydrogen-bond acceptors (Lipinski definition) is 4. The fourth-order valence-corrected chi connectivity index (χ4v) is 4.87. The highest BCUT2D eigenvalue weighted by molar-refractivity contribution is 6.74. The molecule has 0 aliphatic carbocycles. The van der Waals surface area contributed by atoms with Gasteiger partial charge in [-0.2, -0.15) is 5.10 Å². The summed E-state index contributed by atoms with van der Waals surface area (Å²) in [5, 5.41) is 5.49. The topological polar surface area (TPSA) is 50.6 Å². The highest BCUT2D eigenvalue weighted by Gasteiger charge is 2.37. The fraction of sp³-hybridized carbons (Fsp3) is 0.360. The molecule has 2 heterocycles. The van der Waals surface area contributed by atoms with Gasteiger partial charge in [-0.1, -0.05) is 50.6 Å². The van der Waals surface area contributed by atoms with Crippen LogP contribution in [-0.2, 0) is 11.0 Å². The average Bonchev–Trinajstić information content (AvgIpc) is 3.14.